The molecular weight excluding hydrogens is 631 g/mol. The molecule has 2 nitrogen and oxygen atoms in total. The molecule has 0 bridgehead atoms. The van der Waals surface area contributed by atoms with Crippen molar-refractivity contribution < 1.29 is 8.85 Å². The van der Waals surface area contributed by atoms with Gasteiger partial charge in [0.1, 0.15) is 0 Å². The number of hydrogen-bond donors (Lipinski definition) is 0. The molecule has 2 atom stereocenters. The molecule has 0 saturated heterocycles. The summed E-state index contributed by atoms with van der Waals surface area (Å²) in [5.74, 6) is 0. The maximum Gasteiger partial charge on any atom is 0.192 e. The van der Waals surface area contributed by atoms with Gasteiger partial charge in [-0.3, -0.25) is 0 Å². The van der Waals surface area contributed by atoms with Crippen molar-refractivity contribution in [3.8, 4) is 0 Å². The molecule has 0 aliphatic heterocycles. The molecule has 246 valence electrons. The smallest absolute Gasteiger partial charge is 0.192 e. The van der Waals surface area contributed by atoms with E-state index >= 15 is 0 Å². The summed E-state index contributed by atoms with van der Waals surface area (Å²) in [6.07, 6.45) is 1.78. The van der Waals surface area contributed by atoms with E-state index in [-0.39, 0.29) is 22.3 Å². The van der Waals surface area contributed by atoms with Crippen LogP contribution in [0.2, 0.25) is 36.3 Å². The van der Waals surface area contributed by atoms with Crippen LogP contribution in [0.3, 0.4) is 0 Å². The van der Waals surface area contributed by atoms with Crippen LogP contribution in [0.1, 0.15) is 41.5 Å². The van der Waals surface area contributed by atoms with E-state index in [2.05, 4.69) is 189 Å². The van der Waals surface area contributed by atoms with Gasteiger partial charge in [0.25, 0.3) is 0 Å². The minimum Gasteiger partial charge on any atom is -0.411 e. The van der Waals surface area contributed by atoms with Crippen molar-refractivity contribution in [3.05, 3.63) is 121 Å². The Balaban J connectivity index is 1.89. The summed E-state index contributed by atoms with van der Waals surface area (Å²) in [4.78, 5) is 0. The minimum absolute atomic E-state index is 0.0426. The van der Waals surface area contributed by atoms with Gasteiger partial charge in [-0.1, -0.05) is 163 Å². The van der Waals surface area contributed by atoms with E-state index in [0.29, 0.717) is 0 Å². The van der Waals surface area contributed by atoms with E-state index < -0.39 is 32.5 Å². The lowest BCUT2D eigenvalue weighted by Crippen LogP contribution is -2.54. The Kier molecular flexibility index (Phi) is 12.5. The Morgan fingerprint density at radius 1 is 0.435 bits per heavy atom. The first-order valence-corrected chi connectivity index (χ1v) is 25.6. The molecule has 0 N–H and O–H groups in total. The lowest BCUT2D eigenvalue weighted by atomic mass is 10.2. The maximum absolute atomic E-state index is 7.63. The highest BCUT2D eigenvalue weighted by molar-refractivity contribution is 7.73. The van der Waals surface area contributed by atoms with Crippen molar-refractivity contribution in [2.24, 2.45) is 0 Å². The van der Waals surface area contributed by atoms with Crippen LogP contribution < -0.4 is 21.2 Å². The van der Waals surface area contributed by atoms with Crippen molar-refractivity contribution in [3.63, 3.8) is 0 Å². The molecule has 0 fully saturated rings. The van der Waals surface area contributed by atoms with E-state index in [1.807, 2.05) is 0 Å². The molecule has 0 unspecified atom stereocenters. The maximum atomic E-state index is 7.63. The minimum atomic E-state index is -2.18. The molecule has 6 heteroatoms. The SMILES string of the molecule is CC(C)(C)[Si](C)(C)O[C@@H](CP(c1ccccc1)c1ccccc1)[C@H](CP(c1ccccc1)c1ccccc1)O[Si](C)(C)C(C)(C)C. The second kappa shape index (κ2) is 15.5. The van der Waals surface area contributed by atoms with E-state index in [1.54, 1.807) is 0 Å². The second-order valence-electron chi connectivity index (χ2n) is 15.4. The van der Waals surface area contributed by atoms with Crippen LogP contribution in [-0.2, 0) is 8.85 Å². The molecule has 0 aliphatic rings. The highest BCUT2D eigenvalue weighted by Gasteiger charge is 2.46. The quantitative estimate of drug-likeness (QED) is 0.103. The van der Waals surface area contributed by atoms with Gasteiger partial charge in [0, 0.05) is 12.3 Å². The third-order valence-corrected chi connectivity index (χ3v) is 24.1. The summed E-state index contributed by atoms with van der Waals surface area (Å²) in [6.45, 7) is 23.8. The van der Waals surface area contributed by atoms with Crippen molar-refractivity contribution >= 4 is 53.7 Å². The van der Waals surface area contributed by atoms with Gasteiger partial charge in [-0.2, -0.15) is 0 Å². The molecule has 0 heterocycles. The third-order valence-electron chi connectivity index (χ3n) is 9.92. The summed E-state index contributed by atoms with van der Waals surface area (Å²) in [5, 5.41) is 5.75. The molecular formula is C40H56O2P2Si2. The van der Waals surface area contributed by atoms with Crippen LogP contribution in [0.15, 0.2) is 121 Å². The average Bonchev–Trinajstić information content (AvgIpc) is 3.01. The van der Waals surface area contributed by atoms with Gasteiger partial charge in [0.15, 0.2) is 16.6 Å². The Morgan fingerprint density at radius 2 is 0.652 bits per heavy atom. The van der Waals surface area contributed by atoms with E-state index in [0.717, 1.165) is 12.3 Å². The Hall–Kier alpha value is -1.91. The van der Waals surface area contributed by atoms with Crippen molar-refractivity contribution in [1.29, 1.82) is 0 Å². The predicted molar refractivity (Wildman–Crippen MR) is 212 cm³/mol. The fourth-order valence-electron chi connectivity index (χ4n) is 5.08. The summed E-state index contributed by atoms with van der Waals surface area (Å²) in [6, 6.07) is 44.5. The molecule has 4 rings (SSSR count). The Labute approximate surface area is 285 Å². The predicted octanol–water partition coefficient (Wildman–Crippen LogP) is 10.0. The first-order valence-electron chi connectivity index (χ1n) is 16.7. The van der Waals surface area contributed by atoms with Crippen LogP contribution in [0.25, 0.3) is 0 Å². The van der Waals surface area contributed by atoms with Gasteiger partial charge < -0.3 is 8.85 Å². The highest BCUT2D eigenvalue weighted by Crippen LogP contribution is 2.46. The Morgan fingerprint density at radius 3 is 0.848 bits per heavy atom. The second-order valence-corrected chi connectivity index (χ2v) is 29.4. The van der Waals surface area contributed by atoms with Crippen LogP contribution in [0.5, 0.6) is 0 Å². The lowest BCUT2D eigenvalue weighted by Gasteiger charge is -2.46. The van der Waals surface area contributed by atoms with Crippen molar-refractivity contribution in [2.75, 3.05) is 12.3 Å². The van der Waals surface area contributed by atoms with Gasteiger partial charge in [-0.05, 0) is 73.3 Å². The van der Waals surface area contributed by atoms with Gasteiger partial charge in [0.05, 0.1) is 12.2 Å². The fourth-order valence-corrected chi connectivity index (χ4v) is 13.0. The number of hydrogen-bond acceptors (Lipinski definition) is 2. The lowest BCUT2D eigenvalue weighted by molar-refractivity contribution is 0.0634. The van der Waals surface area contributed by atoms with E-state index in [1.165, 1.54) is 21.2 Å². The van der Waals surface area contributed by atoms with Crippen LogP contribution in [0, 0.1) is 0 Å². The summed E-state index contributed by atoms with van der Waals surface area (Å²) in [5.41, 5.74) is 0. The van der Waals surface area contributed by atoms with Crippen LogP contribution in [-0.4, -0.2) is 41.2 Å². The normalized spacial score (nSPS) is 14.4. The first kappa shape index (κ1) is 36.9. The largest absolute Gasteiger partial charge is 0.411 e. The molecule has 0 aromatic heterocycles. The topological polar surface area (TPSA) is 18.5 Å². The van der Waals surface area contributed by atoms with E-state index in [4.69, 9.17) is 8.85 Å². The molecule has 4 aromatic rings. The molecule has 4 aromatic carbocycles. The van der Waals surface area contributed by atoms with Crippen molar-refractivity contribution in [1.82, 2.24) is 0 Å². The molecule has 0 saturated carbocycles. The molecule has 0 aliphatic carbocycles. The third kappa shape index (κ3) is 9.59. The Bertz CT molecular complexity index is 1270. The molecule has 0 radical (unpaired) electrons. The zero-order valence-corrected chi connectivity index (χ0v) is 33.6. The average molecular weight is 687 g/mol. The number of benzene rings is 4. The monoisotopic (exact) mass is 686 g/mol. The highest BCUT2D eigenvalue weighted by atomic mass is 31.1. The molecule has 46 heavy (non-hydrogen) atoms. The first-order chi connectivity index (χ1) is 21.6. The molecule has 0 amide bonds. The van der Waals surface area contributed by atoms with E-state index in [9.17, 15) is 0 Å². The van der Waals surface area contributed by atoms with Gasteiger partial charge >= 0.3 is 0 Å². The van der Waals surface area contributed by atoms with Gasteiger partial charge in [-0.15, -0.1) is 0 Å². The van der Waals surface area contributed by atoms with Gasteiger partial charge in [-0.25, -0.2) is 0 Å². The molecule has 0 spiro atoms. The summed E-state index contributed by atoms with van der Waals surface area (Å²) < 4.78 is 15.3. The zero-order valence-electron chi connectivity index (χ0n) is 29.8. The summed E-state index contributed by atoms with van der Waals surface area (Å²) >= 11 is 0. The zero-order chi connectivity index (χ0) is 33.6. The van der Waals surface area contributed by atoms with Gasteiger partial charge in [0.2, 0.25) is 0 Å². The standard InChI is InChI=1S/C40H56O2P2Si2/c1-39(2,3)45(7,8)41-37(31-43(33-23-15-11-16-24-33)34-25-17-12-18-26-34)38(42-46(9,10)40(4,5)6)32-44(35-27-19-13-20-28-35)36-29-21-14-22-30-36/h11-30,37-38H,31-32H2,1-10H3/t37-,38-/m0/s1. The number of rotatable bonds is 13. The van der Waals surface area contributed by atoms with Crippen LogP contribution >= 0.6 is 15.8 Å². The van der Waals surface area contributed by atoms with Crippen molar-refractivity contribution in [2.45, 2.75) is 90.0 Å². The fraction of sp³-hybridized carbons (Fsp3) is 0.400. The van der Waals surface area contributed by atoms with Crippen LogP contribution in [0.4, 0.5) is 0 Å². The summed E-state index contributed by atoms with van der Waals surface area (Å²) in [7, 11) is -5.70.